The summed E-state index contributed by atoms with van der Waals surface area (Å²) >= 11 is 0. The zero-order valence-corrected chi connectivity index (χ0v) is 13.0. The fourth-order valence-electron chi connectivity index (χ4n) is 3.08. The molecule has 1 aliphatic heterocycles. The minimum Gasteiger partial charge on any atom is -0.382 e. The lowest BCUT2D eigenvalue weighted by molar-refractivity contribution is 0.0108. The summed E-state index contributed by atoms with van der Waals surface area (Å²) in [5.41, 5.74) is 6.18. The van der Waals surface area contributed by atoms with E-state index in [4.69, 9.17) is 5.73 Å². The second kappa shape index (κ2) is 5.84. The van der Waals surface area contributed by atoms with Crippen molar-refractivity contribution in [1.82, 2.24) is 4.90 Å². The molecule has 1 aromatic carbocycles. The Labute approximate surface area is 122 Å². The molecule has 3 N–H and O–H groups in total. The molecule has 3 heteroatoms. The lowest BCUT2D eigenvalue weighted by Crippen LogP contribution is -2.45. The molecule has 1 heterocycles. The van der Waals surface area contributed by atoms with Crippen molar-refractivity contribution >= 4 is 0 Å². The van der Waals surface area contributed by atoms with Crippen molar-refractivity contribution in [2.45, 2.75) is 32.8 Å². The van der Waals surface area contributed by atoms with Crippen molar-refractivity contribution in [2.24, 2.45) is 17.1 Å². The Bertz CT molecular complexity index is 426. The van der Waals surface area contributed by atoms with E-state index in [1.165, 1.54) is 6.42 Å². The molecule has 0 radical (unpaired) electrons. The third-order valence-electron chi connectivity index (χ3n) is 4.63. The van der Waals surface area contributed by atoms with Crippen LogP contribution in [-0.4, -0.2) is 36.2 Å². The van der Waals surface area contributed by atoms with E-state index in [1.54, 1.807) is 0 Å². The van der Waals surface area contributed by atoms with Gasteiger partial charge in [-0.2, -0.15) is 0 Å². The highest BCUT2D eigenvalue weighted by atomic mass is 16.3. The zero-order valence-electron chi connectivity index (χ0n) is 13.0. The molecule has 0 saturated carbocycles. The largest absolute Gasteiger partial charge is 0.382 e. The van der Waals surface area contributed by atoms with Crippen molar-refractivity contribution in [3.8, 4) is 0 Å². The summed E-state index contributed by atoms with van der Waals surface area (Å²) in [6.07, 6.45) is 1.21. The van der Waals surface area contributed by atoms with E-state index in [9.17, 15) is 5.11 Å². The first-order valence-electron chi connectivity index (χ1n) is 7.55. The van der Waals surface area contributed by atoms with Gasteiger partial charge < -0.3 is 10.8 Å². The van der Waals surface area contributed by atoms with Crippen LogP contribution in [0, 0.1) is 11.3 Å². The number of hydrogen-bond donors (Lipinski definition) is 2. The van der Waals surface area contributed by atoms with Gasteiger partial charge in [-0.05, 0) is 29.9 Å². The highest BCUT2D eigenvalue weighted by Crippen LogP contribution is 2.34. The van der Waals surface area contributed by atoms with Crippen LogP contribution in [0.4, 0.5) is 0 Å². The van der Waals surface area contributed by atoms with Gasteiger partial charge in [-0.15, -0.1) is 0 Å². The van der Waals surface area contributed by atoms with Gasteiger partial charge >= 0.3 is 0 Å². The molecule has 0 amide bonds. The molecule has 0 spiro atoms. The molecule has 1 aliphatic rings. The standard InChI is InChI=1S/C17H28N2O/c1-16(2,3)15-9-10-19(11-15)13-17(20,12-18)14-7-5-4-6-8-14/h4-8,15,20H,9-13,18H2,1-3H3. The molecule has 2 atom stereocenters. The first-order valence-corrected chi connectivity index (χ1v) is 7.55. The number of aliphatic hydroxyl groups is 1. The van der Waals surface area contributed by atoms with Crippen LogP contribution < -0.4 is 5.73 Å². The summed E-state index contributed by atoms with van der Waals surface area (Å²) in [6.45, 7) is 9.89. The number of rotatable bonds is 4. The summed E-state index contributed by atoms with van der Waals surface area (Å²) in [5, 5.41) is 10.9. The maximum Gasteiger partial charge on any atom is 0.114 e. The van der Waals surface area contributed by atoms with Crippen molar-refractivity contribution < 1.29 is 5.11 Å². The minimum absolute atomic E-state index is 0.258. The van der Waals surface area contributed by atoms with Crippen LogP contribution in [-0.2, 0) is 5.60 Å². The average molecular weight is 276 g/mol. The number of nitrogens with two attached hydrogens (primary N) is 1. The monoisotopic (exact) mass is 276 g/mol. The van der Waals surface area contributed by atoms with Crippen LogP contribution in [0.15, 0.2) is 30.3 Å². The summed E-state index contributed by atoms with van der Waals surface area (Å²) in [4.78, 5) is 2.36. The molecule has 1 saturated heterocycles. The Balaban J connectivity index is 2.05. The number of benzene rings is 1. The number of likely N-dealkylation sites (tertiary alicyclic amines) is 1. The topological polar surface area (TPSA) is 49.5 Å². The minimum atomic E-state index is -0.936. The highest BCUT2D eigenvalue weighted by Gasteiger charge is 2.36. The molecule has 3 nitrogen and oxygen atoms in total. The molecule has 1 fully saturated rings. The van der Waals surface area contributed by atoms with E-state index in [2.05, 4.69) is 25.7 Å². The second-order valence-corrected chi connectivity index (χ2v) is 7.19. The van der Waals surface area contributed by atoms with Crippen LogP contribution in [0.5, 0.6) is 0 Å². The van der Waals surface area contributed by atoms with E-state index in [0.717, 1.165) is 18.7 Å². The average Bonchev–Trinajstić information content (AvgIpc) is 2.88. The maximum atomic E-state index is 10.9. The Morgan fingerprint density at radius 1 is 1.25 bits per heavy atom. The Hall–Kier alpha value is -0.900. The van der Waals surface area contributed by atoms with Crippen molar-refractivity contribution in [3.05, 3.63) is 35.9 Å². The number of hydrogen-bond acceptors (Lipinski definition) is 3. The molecule has 2 rings (SSSR count). The van der Waals surface area contributed by atoms with Gasteiger partial charge in [-0.1, -0.05) is 51.1 Å². The van der Waals surface area contributed by atoms with E-state index in [1.807, 2.05) is 30.3 Å². The molecular formula is C17H28N2O. The summed E-state index contributed by atoms with van der Waals surface area (Å²) in [5.74, 6) is 0.695. The first-order chi connectivity index (χ1) is 9.35. The second-order valence-electron chi connectivity index (χ2n) is 7.19. The highest BCUT2D eigenvalue weighted by molar-refractivity contribution is 5.23. The quantitative estimate of drug-likeness (QED) is 0.886. The van der Waals surface area contributed by atoms with Gasteiger partial charge in [-0.3, -0.25) is 4.90 Å². The fraction of sp³-hybridized carbons (Fsp3) is 0.647. The Morgan fingerprint density at radius 2 is 1.90 bits per heavy atom. The Kier molecular flexibility index (Phi) is 4.52. The van der Waals surface area contributed by atoms with Gasteiger partial charge in [-0.25, -0.2) is 0 Å². The third kappa shape index (κ3) is 3.40. The maximum absolute atomic E-state index is 10.9. The van der Waals surface area contributed by atoms with Crippen LogP contribution in [0.1, 0.15) is 32.8 Å². The molecule has 1 aromatic rings. The lowest BCUT2D eigenvalue weighted by atomic mass is 9.80. The van der Waals surface area contributed by atoms with Gasteiger partial charge in [0.05, 0.1) is 0 Å². The molecule has 0 bridgehead atoms. The summed E-state index contributed by atoms with van der Waals surface area (Å²) in [6, 6.07) is 9.80. The van der Waals surface area contributed by atoms with Crippen LogP contribution in [0.3, 0.4) is 0 Å². The number of nitrogens with zero attached hydrogens (tertiary/aromatic N) is 1. The lowest BCUT2D eigenvalue weighted by Gasteiger charge is -2.33. The molecule has 2 unspecified atom stereocenters. The SMILES string of the molecule is CC(C)(C)C1CCN(CC(O)(CN)c2ccccc2)C1. The van der Waals surface area contributed by atoms with E-state index < -0.39 is 5.60 Å². The van der Waals surface area contributed by atoms with Gasteiger partial charge in [0.1, 0.15) is 5.60 Å². The molecule has 112 valence electrons. The third-order valence-corrected chi connectivity index (χ3v) is 4.63. The zero-order chi connectivity index (χ0) is 14.8. The predicted molar refractivity (Wildman–Crippen MR) is 83.4 cm³/mol. The predicted octanol–water partition coefficient (Wildman–Crippen LogP) is 2.20. The van der Waals surface area contributed by atoms with Crippen molar-refractivity contribution in [1.29, 1.82) is 0 Å². The summed E-state index contributed by atoms with van der Waals surface area (Å²) in [7, 11) is 0. The molecule has 20 heavy (non-hydrogen) atoms. The van der Waals surface area contributed by atoms with E-state index in [-0.39, 0.29) is 6.54 Å². The number of β-amino-alcohol motifs (C(OH)–C–C–N with tert-alkyl or cyclic N) is 1. The van der Waals surface area contributed by atoms with Crippen LogP contribution in [0.2, 0.25) is 0 Å². The molecule has 0 aliphatic carbocycles. The van der Waals surface area contributed by atoms with Gasteiger partial charge in [0.2, 0.25) is 0 Å². The van der Waals surface area contributed by atoms with E-state index >= 15 is 0 Å². The smallest absolute Gasteiger partial charge is 0.114 e. The van der Waals surface area contributed by atoms with Crippen molar-refractivity contribution in [2.75, 3.05) is 26.2 Å². The summed E-state index contributed by atoms with van der Waals surface area (Å²) < 4.78 is 0. The van der Waals surface area contributed by atoms with Crippen LogP contribution >= 0.6 is 0 Å². The molecular weight excluding hydrogens is 248 g/mol. The van der Waals surface area contributed by atoms with Crippen molar-refractivity contribution in [3.63, 3.8) is 0 Å². The van der Waals surface area contributed by atoms with E-state index in [0.29, 0.717) is 17.9 Å². The van der Waals surface area contributed by atoms with Gasteiger partial charge in [0.25, 0.3) is 0 Å². The van der Waals surface area contributed by atoms with Gasteiger partial charge in [0, 0.05) is 19.6 Å². The van der Waals surface area contributed by atoms with Gasteiger partial charge in [0.15, 0.2) is 0 Å². The Morgan fingerprint density at radius 3 is 2.40 bits per heavy atom. The molecule has 0 aromatic heterocycles. The normalized spacial score (nSPS) is 23.8. The van der Waals surface area contributed by atoms with Crippen LogP contribution in [0.25, 0.3) is 0 Å². The fourth-order valence-corrected chi connectivity index (χ4v) is 3.08. The first kappa shape index (κ1) is 15.5.